The minimum atomic E-state index is 0.600. The summed E-state index contributed by atoms with van der Waals surface area (Å²) in [5.41, 5.74) is 9.16. The van der Waals surface area contributed by atoms with Gasteiger partial charge in [0.05, 0.1) is 17.2 Å². The van der Waals surface area contributed by atoms with Gasteiger partial charge in [0, 0.05) is 28.5 Å². The number of hydrogen-bond donors (Lipinski definition) is 0. The highest BCUT2D eigenvalue weighted by atomic mass is 16.3. The lowest BCUT2D eigenvalue weighted by Gasteiger charge is -2.36. The molecule has 2 aliphatic rings. The van der Waals surface area contributed by atoms with Crippen molar-refractivity contribution in [2.75, 3.05) is 0 Å². The van der Waals surface area contributed by atoms with Crippen molar-refractivity contribution in [3.63, 3.8) is 0 Å². The molecule has 3 nitrogen and oxygen atoms in total. The van der Waals surface area contributed by atoms with Gasteiger partial charge in [0.15, 0.2) is 6.20 Å². The monoisotopic (exact) mass is 539 g/mol. The van der Waals surface area contributed by atoms with Crippen molar-refractivity contribution < 1.29 is 8.98 Å². The number of pyridine rings is 1. The van der Waals surface area contributed by atoms with E-state index < -0.39 is 0 Å². The average molecular weight is 540 g/mol. The normalized spacial score (nSPS) is 19.9. The van der Waals surface area contributed by atoms with Crippen LogP contribution >= 0.6 is 0 Å². The molecule has 0 radical (unpaired) electrons. The zero-order valence-electron chi connectivity index (χ0n) is 24.3. The van der Waals surface area contributed by atoms with Crippen LogP contribution in [0.3, 0.4) is 0 Å². The van der Waals surface area contributed by atoms with Crippen LogP contribution in [0.25, 0.3) is 44.3 Å². The smallest absolute Gasteiger partial charge is 0.216 e. The van der Waals surface area contributed by atoms with Crippen molar-refractivity contribution in [1.29, 1.82) is 5.26 Å². The summed E-state index contributed by atoms with van der Waals surface area (Å²) in [6.07, 6.45) is 14.6. The molecule has 7 rings (SSSR count). The van der Waals surface area contributed by atoms with Gasteiger partial charge in [0.1, 0.15) is 18.2 Å². The summed E-state index contributed by atoms with van der Waals surface area (Å²) in [6.45, 7) is 2.14. The molecule has 2 aliphatic carbocycles. The predicted octanol–water partition coefficient (Wildman–Crippen LogP) is 9.78. The Kier molecular flexibility index (Phi) is 6.87. The summed E-state index contributed by atoms with van der Waals surface area (Å²) >= 11 is 0. The molecule has 5 aromatic rings. The van der Waals surface area contributed by atoms with Crippen molar-refractivity contribution in [1.82, 2.24) is 0 Å². The van der Waals surface area contributed by atoms with E-state index in [2.05, 4.69) is 85.4 Å². The Hall–Kier alpha value is -3.90. The summed E-state index contributed by atoms with van der Waals surface area (Å²) in [7, 11) is 2.07. The molecular weight excluding hydrogens is 500 g/mol. The van der Waals surface area contributed by atoms with E-state index in [1.807, 2.05) is 12.1 Å². The molecule has 0 atom stereocenters. The van der Waals surface area contributed by atoms with Crippen LogP contribution in [-0.4, -0.2) is 0 Å². The van der Waals surface area contributed by atoms with Gasteiger partial charge in [-0.15, -0.1) is 0 Å². The highest BCUT2D eigenvalue weighted by Gasteiger charge is 2.29. The lowest BCUT2D eigenvalue weighted by Crippen LogP contribution is -2.30. The topological polar surface area (TPSA) is 40.8 Å². The summed E-state index contributed by atoms with van der Waals surface area (Å²) in [4.78, 5) is 0. The Labute approximate surface area is 243 Å². The number of benzene rings is 3. The maximum Gasteiger partial charge on any atom is 0.216 e. The predicted molar refractivity (Wildman–Crippen MR) is 166 cm³/mol. The molecule has 0 spiro atoms. The van der Waals surface area contributed by atoms with Crippen molar-refractivity contribution in [3.05, 3.63) is 89.6 Å². The number of aromatic nitrogens is 1. The molecule has 41 heavy (non-hydrogen) atoms. The minimum Gasteiger partial charge on any atom is -0.454 e. The first-order valence-electron chi connectivity index (χ1n) is 15.6. The first-order valence-corrected chi connectivity index (χ1v) is 15.6. The van der Waals surface area contributed by atoms with Crippen LogP contribution in [0, 0.1) is 30.1 Å². The minimum absolute atomic E-state index is 0.600. The number of hydrogen-bond acceptors (Lipinski definition) is 2. The Morgan fingerprint density at radius 3 is 2.24 bits per heavy atom. The molecule has 2 aromatic heterocycles. The van der Waals surface area contributed by atoms with Gasteiger partial charge in [-0.3, -0.25) is 0 Å². The van der Waals surface area contributed by atoms with Gasteiger partial charge in [-0.2, -0.15) is 5.26 Å². The Morgan fingerprint density at radius 2 is 1.49 bits per heavy atom. The quantitative estimate of drug-likeness (QED) is 0.213. The molecule has 0 saturated heterocycles. The molecular formula is C38H39N2O+. The molecule has 206 valence electrons. The van der Waals surface area contributed by atoms with Gasteiger partial charge >= 0.3 is 0 Å². The molecule has 0 N–H and O–H groups in total. The second-order valence-corrected chi connectivity index (χ2v) is 12.5. The molecule has 3 aromatic carbocycles. The van der Waals surface area contributed by atoms with E-state index in [1.165, 1.54) is 68.9 Å². The fourth-order valence-corrected chi connectivity index (χ4v) is 7.96. The Bertz CT molecular complexity index is 1770. The maximum absolute atomic E-state index is 10.2. The van der Waals surface area contributed by atoms with Crippen LogP contribution < -0.4 is 4.57 Å². The third-order valence-electron chi connectivity index (χ3n) is 10.2. The summed E-state index contributed by atoms with van der Waals surface area (Å²) in [5.74, 6) is 2.49. The number of fused-ring (bicyclic) bond motifs is 3. The molecule has 2 heterocycles. The molecule has 0 amide bonds. The lowest BCUT2D eigenvalue weighted by atomic mass is 9.70. The third kappa shape index (κ3) is 4.64. The number of nitriles is 1. The Balaban J connectivity index is 1.30. The third-order valence-corrected chi connectivity index (χ3v) is 10.2. The van der Waals surface area contributed by atoms with Crippen LogP contribution in [0.2, 0.25) is 0 Å². The van der Waals surface area contributed by atoms with Gasteiger partial charge in [0.25, 0.3) is 0 Å². The lowest BCUT2D eigenvalue weighted by molar-refractivity contribution is -0.660. The van der Waals surface area contributed by atoms with Crippen molar-refractivity contribution in [3.8, 4) is 28.5 Å². The molecule has 0 aliphatic heterocycles. The summed E-state index contributed by atoms with van der Waals surface area (Å²) < 4.78 is 8.95. The van der Waals surface area contributed by atoms with Crippen LogP contribution in [0.5, 0.6) is 0 Å². The number of furan rings is 1. The van der Waals surface area contributed by atoms with Gasteiger partial charge in [-0.25, -0.2) is 4.57 Å². The van der Waals surface area contributed by atoms with Gasteiger partial charge in [0.2, 0.25) is 5.69 Å². The zero-order valence-corrected chi connectivity index (χ0v) is 24.3. The largest absolute Gasteiger partial charge is 0.454 e. The fourth-order valence-electron chi connectivity index (χ4n) is 7.96. The molecule has 2 fully saturated rings. The number of rotatable bonds is 4. The van der Waals surface area contributed by atoms with Crippen molar-refractivity contribution in [2.24, 2.45) is 18.9 Å². The molecule has 0 unspecified atom stereocenters. The SMILES string of the molecule is Cc1ccc2c(oc3c(-c4cccc(C5CCC(C6CCCCC6)CC5)c4)c(C#N)ccc32)c1-c1cccc[n+]1C. The zero-order chi connectivity index (χ0) is 27.9. The molecule has 0 bridgehead atoms. The maximum atomic E-state index is 10.2. The van der Waals surface area contributed by atoms with Crippen LogP contribution in [0.1, 0.15) is 80.4 Å². The standard InChI is InChI=1S/C38H39N2O/c1-25-14-20-32-33-21-19-31(24-39)36(38(33)41-37(32)35(25)34-13-6-7-22-40(34)2)30-12-8-11-29(23-30)28-17-15-27(16-18-28)26-9-4-3-5-10-26/h6-8,11-14,19-23,26-28H,3-5,9-10,15-18H2,1-2H3/q+1. The summed E-state index contributed by atoms with van der Waals surface area (Å²) in [5, 5.41) is 12.4. The second-order valence-electron chi connectivity index (χ2n) is 12.5. The van der Waals surface area contributed by atoms with E-state index in [4.69, 9.17) is 4.42 Å². The first-order chi connectivity index (χ1) is 20.1. The van der Waals surface area contributed by atoms with Crippen molar-refractivity contribution in [2.45, 2.75) is 70.6 Å². The van der Waals surface area contributed by atoms with E-state index in [0.717, 1.165) is 56.2 Å². The van der Waals surface area contributed by atoms with Crippen molar-refractivity contribution >= 4 is 21.9 Å². The first kappa shape index (κ1) is 26.0. The number of nitrogens with zero attached hydrogens (tertiary/aromatic N) is 2. The fraction of sp³-hybridized carbons (Fsp3) is 0.368. The molecule has 3 heteroatoms. The highest BCUT2D eigenvalue weighted by molar-refractivity contribution is 6.14. The van der Waals surface area contributed by atoms with Gasteiger partial charge in [-0.05, 0) is 85.3 Å². The molecule has 2 saturated carbocycles. The highest BCUT2D eigenvalue weighted by Crippen LogP contribution is 2.45. The second kappa shape index (κ2) is 10.8. The van der Waals surface area contributed by atoms with E-state index in [0.29, 0.717) is 11.5 Å². The summed E-state index contributed by atoms with van der Waals surface area (Å²) in [6, 6.07) is 26.1. The number of aryl methyl sites for hydroxylation is 2. The van der Waals surface area contributed by atoms with Crippen LogP contribution in [0.15, 0.2) is 77.3 Å². The van der Waals surface area contributed by atoms with E-state index in [-0.39, 0.29) is 0 Å². The Morgan fingerprint density at radius 1 is 0.756 bits per heavy atom. The van der Waals surface area contributed by atoms with Crippen LogP contribution in [0.4, 0.5) is 0 Å². The van der Waals surface area contributed by atoms with Crippen LogP contribution in [-0.2, 0) is 7.05 Å². The van der Waals surface area contributed by atoms with Gasteiger partial charge in [-0.1, -0.05) is 68.5 Å². The average Bonchev–Trinajstić information content (AvgIpc) is 3.40. The van der Waals surface area contributed by atoms with Gasteiger partial charge < -0.3 is 4.42 Å². The van der Waals surface area contributed by atoms with E-state index in [9.17, 15) is 5.26 Å². The van der Waals surface area contributed by atoms with E-state index in [1.54, 1.807) is 0 Å². The van der Waals surface area contributed by atoms with E-state index >= 15 is 0 Å².